The molecule has 0 spiro atoms. The molecule has 34 heteroatoms. The summed E-state index contributed by atoms with van der Waals surface area (Å²) in [6.07, 6.45) is 17.1. The molecule has 15 rings (SSSR count). The second-order valence-corrected chi connectivity index (χ2v) is 28.9. The van der Waals surface area contributed by atoms with Crippen LogP contribution in [0.2, 0.25) is 0 Å². The Kier molecular flexibility index (Phi) is 28.4. The summed E-state index contributed by atoms with van der Waals surface area (Å²) in [5.41, 5.74) is 26.7. The van der Waals surface area contributed by atoms with E-state index >= 15 is 0 Å². The van der Waals surface area contributed by atoms with Crippen LogP contribution in [0.5, 0.6) is 11.5 Å². The minimum absolute atomic E-state index is 0. The number of nitrogens with two attached hydrogens (primary N) is 3. The fourth-order valence-electron chi connectivity index (χ4n) is 12.3. The molecular formula is C78H90N22O9S3. The van der Waals surface area contributed by atoms with E-state index in [1.54, 1.807) is 58.8 Å². The van der Waals surface area contributed by atoms with Gasteiger partial charge in [-0.2, -0.15) is 10.2 Å². The molecular weight excluding hydrogens is 1490 g/mol. The third kappa shape index (κ3) is 21.2. The van der Waals surface area contributed by atoms with Gasteiger partial charge in [0.25, 0.3) is 29.5 Å². The van der Waals surface area contributed by atoms with Gasteiger partial charge in [-0.05, 0) is 93.5 Å². The predicted octanol–water partition coefficient (Wildman–Crippen LogP) is 9.56. The number of pyridine rings is 2. The van der Waals surface area contributed by atoms with Gasteiger partial charge in [-0.25, -0.2) is 29.4 Å². The first-order valence-electron chi connectivity index (χ1n) is 36.2. The van der Waals surface area contributed by atoms with Crippen LogP contribution in [-0.4, -0.2) is 193 Å². The number of anilines is 5. The second-order valence-electron chi connectivity index (χ2n) is 26.3. The van der Waals surface area contributed by atoms with Gasteiger partial charge < -0.3 is 68.2 Å². The number of rotatable bonds is 18. The van der Waals surface area contributed by atoms with Gasteiger partial charge >= 0.3 is 0 Å². The lowest BCUT2D eigenvalue weighted by molar-refractivity contribution is -0.117. The van der Waals surface area contributed by atoms with Gasteiger partial charge in [0.2, 0.25) is 11.9 Å². The summed E-state index contributed by atoms with van der Waals surface area (Å²) >= 11 is 4.25. The molecule has 3 aliphatic heterocycles. The molecule has 6 amide bonds. The largest absolute Gasteiger partial charge is 0.505 e. The first-order valence-corrected chi connectivity index (χ1v) is 38.9. The highest BCUT2D eigenvalue weighted by Gasteiger charge is 2.26. The number of likely N-dealkylation sites (N-methyl/N-ethyl adjacent to an activating group) is 1. The van der Waals surface area contributed by atoms with Crippen molar-refractivity contribution in [2.24, 2.45) is 23.1 Å². The number of aromatic nitrogens is 11. The lowest BCUT2D eigenvalue weighted by Crippen LogP contribution is -2.38. The zero-order valence-electron chi connectivity index (χ0n) is 61.5. The molecule has 0 unspecified atom stereocenters. The Bertz CT molecular complexity index is 5230. The summed E-state index contributed by atoms with van der Waals surface area (Å²) in [4.78, 5) is 111. The highest BCUT2D eigenvalue weighted by molar-refractivity contribution is 7.17. The van der Waals surface area contributed by atoms with Crippen molar-refractivity contribution in [3.8, 4) is 32.6 Å². The maximum absolute atomic E-state index is 13.0. The number of aromatic hydroxyl groups is 1. The number of carbonyl (C=O) groups excluding carboxylic acids is 6. The molecule has 12 heterocycles. The number of thiophene rings is 1. The lowest BCUT2D eigenvalue weighted by Gasteiger charge is -2.34. The predicted molar refractivity (Wildman–Crippen MR) is 437 cm³/mol. The van der Waals surface area contributed by atoms with Crippen LogP contribution >= 0.6 is 34.0 Å². The second kappa shape index (κ2) is 39.2. The number of ether oxygens (including phenoxy) is 2. The van der Waals surface area contributed by atoms with Gasteiger partial charge in [0, 0.05) is 135 Å². The molecule has 112 heavy (non-hydrogen) atoms. The minimum atomic E-state index is -0.441. The van der Waals surface area contributed by atoms with Crippen LogP contribution in [0.15, 0.2) is 144 Å². The lowest BCUT2D eigenvalue weighted by atomic mass is 9.96. The quantitative estimate of drug-likeness (QED) is 0.0386. The number of primary amides is 1. The van der Waals surface area contributed by atoms with Crippen molar-refractivity contribution < 1.29 is 43.3 Å². The van der Waals surface area contributed by atoms with Crippen LogP contribution < -0.4 is 58.3 Å². The summed E-state index contributed by atoms with van der Waals surface area (Å²) in [7, 11) is 3.43. The van der Waals surface area contributed by atoms with Crippen molar-refractivity contribution in [1.82, 2.24) is 69.8 Å². The molecule has 0 radical (unpaired) electrons. The number of fused-ring (bicyclic) bond motifs is 9. The van der Waals surface area contributed by atoms with Crippen molar-refractivity contribution in [3.63, 3.8) is 0 Å². The van der Waals surface area contributed by atoms with Gasteiger partial charge in [0.1, 0.15) is 32.7 Å². The number of benzene rings is 3. The Labute approximate surface area is 658 Å². The molecule has 2 fully saturated rings. The molecule has 3 aromatic carbocycles. The number of hydrogen-bond acceptors (Lipinski definition) is 26. The summed E-state index contributed by atoms with van der Waals surface area (Å²) in [6.45, 7) is 11.1. The third-order valence-electron chi connectivity index (χ3n) is 18.4. The van der Waals surface area contributed by atoms with Crippen molar-refractivity contribution >= 4 is 125 Å². The van der Waals surface area contributed by atoms with E-state index in [0.29, 0.717) is 88.8 Å². The Morgan fingerprint density at radius 2 is 1.54 bits per heavy atom. The van der Waals surface area contributed by atoms with E-state index in [9.17, 15) is 33.9 Å². The van der Waals surface area contributed by atoms with E-state index in [2.05, 4.69) is 93.6 Å². The van der Waals surface area contributed by atoms with Gasteiger partial charge in [-0.3, -0.25) is 48.3 Å². The fraction of sp³-hybridized carbons (Fsp3) is 0.321. The van der Waals surface area contributed by atoms with E-state index in [0.717, 1.165) is 150 Å². The number of hydrogen-bond donors (Lipinski definition) is 9. The van der Waals surface area contributed by atoms with Gasteiger partial charge in [0.15, 0.2) is 17.1 Å². The number of nitrogens with one attached hydrogen (secondary N) is 5. The zero-order chi connectivity index (χ0) is 77.8. The average Bonchev–Trinajstić information content (AvgIpc) is 1.37. The number of methoxy groups -OCH3 is 1. The van der Waals surface area contributed by atoms with Crippen molar-refractivity contribution in [3.05, 3.63) is 184 Å². The molecule has 31 nitrogen and oxygen atoms in total. The molecule has 0 atom stereocenters. The Hall–Kier alpha value is -11.8. The normalized spacial score (nSPS) is 13.9. The van der Waals surface area contributed by atoms with Gasteiger partial charge in [-0.1, -0.05) is 56.3 Å². The number of piperidine rings is 1. The van der Waals surface area contributed by atoms with E-state index < -0.39 is 5.91 Å². The average molecular weight is 1580 g/mol. The Morgan fingerprint density at radius 1 is 0.759 bits per heavy atom. The van der Waals surface area contributed by atoms with Crippen LogP contribution in [0.25, 0.3) is 47.9 Å². The Morgan fingerprint density at radius 3 is 2.33 bits per heavy atom. The fourth-order valence-corrected chi connectivity index (χ4v) is 14.8. The summed E-state index contributed by atoms with van der Waals surface area (Å²) in [5.74, 6) is -0.295. The molecule has 4 bridgehead atoms. The number of morpholine rings is 1. The number of nitrogens with zero attached hydrogens (tertiary/aromatic N) is 14. The number of aryl methyl sites for hydroxylation is 2. The Balaban J connectivity index is 0.000000150. The molecule has 0 saturated carbocycles. The highest BCUT2D eigenvalue weighted by Crippen LogP contribution is 2.35. The summed E-state index contributed by atoms with van der Waals surface area (Å²) in [6, 6.07) is 27.1. The van der Waals surface area contributed by atoms with Crippen LogP contribution in [0.3, 0.4) is 0 Å². The third-order valence-corrected chi connectivity index (χ3v) is 21.1. The van der Waals surface area contributed by atoms with E-state index in [1.807, 2.05) is 85.6 Å². The van der Waals surface area contributed by atoms with Crippen LogP contribution in [0, 0.1) is 12.8 Å². The number of thiazole rings is 2. The maximum Gasteiger partial charge on any atom is 0.275 e. The molecule has 3 aliphatic rings. The monoisotopic (exact) mass is 1570 g/mol. The molecule has 9 aromatic heterocycles. The molecule has 12 N–H and O–H groups in total. The summed E-state index contributed by atoms with van der Waals surface area (Å²) in [5, 5.41) is 40.2. The first-order chi connectivity index (χ1) is 54.0. The van der Waals surface area contributed by atoms with Crippen molar-refractivity contribution in [2.75, 3.05) is 119 Å². The molecule has 584 valence electrons. The smallest absolute Gasteiger partial charge is 0.275 e. The van der Waals surface area contributed by atoms with E-state index in [1.165, 1.54) is 57.1 Å². The summed E-state index contributed by atoms with van der Waals surface area (Å²) < 4.78 is 14.8. The molecule has 0 aliphatic carbocycles. The minimum Gasteiger partial charge on any atom is -0.505 e. The SMILES string of the molecule is C.COc1cc2ncccc2cc1NC(=O)c1csc2cnc(N(C)CCN)nc12.Cc1ccc(N2CCC(CN)CC2)c(NC(=O)c2cnn3cc(O)cnc23)c1.NC(=O)CCNC(=O)c1csc(-c2ccccc2)n1.O=C1Nc2cn(CCN3CCOCC3)nc2C(=O)NCCCCCc2cc(ccn2)-c2nc1cs2. The van der Waals surface area contributed by atoms with E-state index in [-0.39, 0.29) is 61.4 Å². The van der Waals surface area contributed by atoms with Crippen molar-refractivity contribution in [2.45, 2.75) is 65.8 Å². The van der Waals surface area contributed by atoms with E-state index in [4.69, 9.17) is 26.7 Å². The topological polar surface area (TPSA) is 414 Å². The zero-order valence-corrected chi connectivity index (χ0v) is 64.0. The maximum atomic E-state index is 13.0. The molecule has 12 aromatic rings. The van der Waals surface area contributed by atoms with Gasteiger partial charge in [0.05, 0.1) is 95.7 Å². The van der Waals surface area contributed by atoms with Gasteiger partial charge in [-0.15, -0.1) is 34.0 Å². The number of amides is 6. The standard InChI is InChI=1S/C24H29N7O3S.C20H20N6O2S.C20H24N6O2.C13H13N3O2S.CH4/c32-22-20-16-35-24(28-20)17-5-7-25-18(14-17)4-2-1-3-6-26-23(33)21-19(27-22)15-31(29-21)9-8-30-10-12-34-13-11-30;1-26(7-5-21)20-23-10-17-18(25-20)13(11-29-17)19(27)24-15-8-12-4-3-6-22-14(12)9-16(15)28-2;1-13-2-3-18(25-6-4-14(9-21)5-7-25)17(8-13)24-20(28)16-11-23-26-12-15(27)10-22-19(16)26;14-11(17)6-7-15-12(18)10-8-19-13(16-10)9-4-2-1-3-5-9;/h5,7,14-16H,1-4,6,8-13H2,(H,26,33)(H,27,32);3-4,6,8-11H,5,7,21H2,1-2H3,(H,24,27);2-3,8,10-12,14,27H,4-7,9,21H2,1H3,(H,24,28);1-5,8H,6-7H2,(H2,14,17)(H,15,18);1H4. The van der Waals surface area contributed by atoms with Crippen LogP contribution in [-0.2, 0) is 22.5 Å². The molecule has 2 saturated heterocycles. The van der Waals surface area contributed by atoms with Crippen LogP contribution in [0.1, 0.15) is 109 Å². The van der Waals surface area contributed by atoms with Crippen LogP contribution in [0.4, 0.5) is 28.7 Å². The first kappa shape index (κ1) is 81.2. The number of carbonyl (C=O) groups is 6. The highest BCUT2D eigenvalue weighted by atomic mass is 32.1. The van der Waals surface area contributed by atoms with Crippen molar-refractivity contribution in [1.29, 1.82) is 0 Å².